The summed E-state index contributed by atoms with van der Waals surface area (Å²) in [5.74, 6) is -4.99. The first kappa shape index (κ1) is 28.8. The molecule has 1 amide bonds. The van der Waals surface area contributed by atoms with E-state index >= 15 is 0 Å². The molecule has 2 unspecified atom stereocenters. The zero-order chi connectivity index (χ0) is 28.3. The highest BCUT2D eigenvalue weighted by atomic mass is 19.4. The second-order valence-electron chi connectivity index (χ2n) is 8.22. The Labute approximate surface area is 210 Å². The number of alkyl halides is 7. The van der Waals surface area contributed by atoms with E-state index in [4.69, 9.17) is 5.73 Å². The molecule has 2 atom stereocenters. The van der Waals surface area contributed by atoms with E-state index in [0.717, 1.165) is 24.3 Å². The van der Waals surface area contributed by atoms with Crippen LogP contribution in [-0.4, -0.2) is 30.7 Å². The van der Waals surface area contributed by atoms with Crippen LogP contribution in [0.1, 0.15) is 16.7 Å². The standard InChI is InChI=1S/C25H19F9N2O2/c26-17-8-6-15(7-9-17)23(13-14-4-2-1-3-5-14,36-21(37)20(35)24(30,31)32)16-10-18(27)12-19(11-16)38-25(33,34)22(28)29/h1-12,20,22H,13,35H2,(H,36,37). The van der Waals surface area contributed by atoms with Gasteiger partial charge in [0, 0.05) is 12.5 Å². The van der Waals surface area contributed by atoms with Crippen molar-refractivity contribution in [3.05, 3.63) is 101 Å². The van der Waals surface area contributed by atoms with E-state index in [1.165, 1.54) is 24.3 Å². The summed E-state index contributed by atoms with van der Waals surface area (Å²) in [6.07, 6.45) is -15.0. The van der Waals surface area contributed by atoms with Gasteiger partial charge in [-0.05, 0) is 41.0 Å². The molecule has 3 aromatic rings. The smallest absolute Gasteiger partial charge is 0.428 e. The van der Waals surface area contributed by atoms with Gasteiger partial charge in [0.25, 0.3) is 0 Å². The van der Waals surface area contributed by atoms with Crippen LogP contribution >= 0.6 is 0 Å². The third-order valence-corrected chi connectivity index (χ3v) is 5.49. The molecule has 0 saturated heterocycles. The third kappa shape index (κ3) is 6.57. The van der Waals surface area contributed by atoms with Crippen molar-refractivity contribution in [3.63, 3.8) is 0 Å². The summed E-state index contributed by atoms with van der Waals surface area (Å²) in [5, 5.41) is 2.11. The van der Waals surface area contributed by atoms with Crippen molar-refractivity contribution in [2.45, 2.75) is 36.7 Å². The highest BCUT2D eigenvalue weighted by Crippen LogP contribution is 2.38. The number of hydrogen-bond donors (Lipinski definition) is 2. The Bertz CT molecular complexity index is 1250. The van der Waals surface area contributed by atoms with Crippen molar-refractivity contribution < 1.29 is 49.0 Å². The fourth-order valence-electron chi connectivity index (χ4n) is 3.70. The SMILES string of the molecule is NC(C(=O)NC(Cc1ccccc1)(c1ccc(F)cc1)c1cc(F)cc(OC(F)(F)C(F)F)c1)C(F)(F)F. The van der Waals surface area contributed by atoms with Crippen molar-refractivity contribution in [2.24, 2.45) is 5.73 Å². The molecule has 3 N–H and O–H groups in total. The quantitative estimate of drug-likeness (QED) is 0.337. The van der Waals surface area contributed by atoms with Crippen LogP contribution in [0.3, 0.4) is 0 Å². The van der Waals surface area contributed by atoms with Crippen LogP contribution in [-0.2, 0) is 16.8 Å². The topological polar surface area (TPSA) is 64.4 Å². The van der Waals surface area contributed by atoms with Gasteiger partial charge in [0.1, 0.15) is 17.4 Å². The number of halogens is 9. The Balaban J connectivity index is 2.28. The largest absolute Gasteiger partial charge is 0.461 e. The number of nitrogens with one attached hydrogen (secondary N) is 1. The molecule has 0 spiro atoms. The molecule has 0 aromatic heterocycles. The highest BCUT2D eigenvalue weighted by Gasteiger charge is 2.47. The van der Waals surface area contributed by atoms with Crippen molar-refractivity contribution in [3.8, 4) is 5.75 Å². The number of nitrogens with two attached hydrogens (primary N) is 1. The van der Waals surface area contributed by atoms with Crippen LogP contribution in [0.4, 0.5) is 39.5 Å². The second kappa shape index (κ2) is 10.9. The van der Waals surface area contributed by atoms with E-state index in [9.17, 15) is 44.3 Å². The molecule has 4 nitrogen and oxygen atoms in total. The van der Waals surface area contributed by atoms with Crippen LogP contribution in [0.5, 0.6) is 5.75 Å². The Morgan fingerprint density at radius 2 is 1.45 bits per heavy atom. The average Bonchev–Trinajstić information content (AvgIpc) is 2.82. The van der Waals surface area contributed by atoms with Crippen LogP contribution in [0, 0.1) is 11.6 Å². The normalized spacial score (nSPS) is 14.6. The first-order valence-corrected chi connectivity index (χ1v) is 10.7. The molecule has 0 aliphatic carbocycles. The van der Waals surface area contributed by atoms with E-state index in [1.807, 2.05) is 0 Å². The summed E-state index contributed by atoms with van der Waals surface area (Å²) in [4.78, 5) is 12.7. The number of rotatable bonds is 9. The Kier molecular flexibility index (Phi) is 8.30. The van der Waals surface area contributed by atoms with Crippen molar-refractivity contribution in [1.29, 1.82) is 0 Å². The molecular weight excluding hydrogens is 531 g/mol. The number of ether oxygens (including phenoxy) is 1. The van der Waals surface area contributed by atoms with Crippen LogP contribution in [0.15, 0.2) is 72.8 Å². The fraction of sp³-hybridized carbons (Fsp3) is 0.240. The molecule has 3 aromatic carbocycles. The van der Waals surface area contributed by atoms with Gasteiger partial charge in [-0.2, -0.15) is 30.7 Å². The van der Waals surface area contributed by atoms with Gasteiger partial charge in [-0.3, -0.25) is 4.79 Å². The molecule has 0 saturated carbocycles. The maximum absolute atomic E-state index is 14.6. The molecule has 13 heteroatoms. The van der Waals surface area contributed by atoms with Gasteiger partial charge in [-0.25, -0.2) is 8.78 Å². The molecule has 0 fully saturated rings. The average molecular weight is 550 g/mol. The van der Waals surface area contributed by atoms with Crippen LogP contribution in [0.2, 0.25) is 0 Å². The van der Waals surface area contributed by atoms with Gasteiger partial charge in [-0.15, -0.1) is 0 Å². The van der Waals surface area contributed by atoms with Crippen LogP contribution < -0.4 is 15.8 Å². The van der Waals surface area contributed by atoms with Crippen molar-refractivity contribution in [2.75, 3.05) is 0 Å². The summed E-state index contributed by atoms with van der Waals surface area (Å²) in [7, 11) is 0. The molecule has 0 aliphatic rings. The number of carbonyl (C=O) groups excluding carboxylic acids is 1. The Morgan fingerprint density at radius 3 is 2.00 bits per heavy atom. The van der Waals surface area contributed by atoms with Crippen molar-refractivity contribution in [1.82, 2.24) is 5.32 Å². The monoisotopic (exact) mass is 550 g/mol. The van der Waals surface area contributed by atoms with Gasteiger partial charge in [-0.1, -0.05) is 42.5 Å². The first-order valence-electron chi connectivity index (χ1n) is 10.7. The molecule has 3 rings (SSSR count). The molecular formula is C25H19F9N2O2. The van der Waals surface area contributed by atoms with E-state index in [1.54, 1.807) is 6.07 Å². The second-order valence-corrected chi connectivity index (χ2v) is 8.22. The Morgan fingerprint density at radius 1 is 0.842 bits per heavy atom. The minimum Gasteiger partial charge on any atom is -0.428 e. The fourth-order valence-corrected chi connectivity index (χ4v) is 3.70. The molecule has 0 heterocycles. The summed E-state index contributed by atoms with van der Waals surface area (Å²) in [6, 6.07) is 10.2. The van der Waals surface area contributed by atoms with Gasteiger partial charge < -0.3 is 15.8 Å². The van der Waals surface area contributed by atoms with Gasteiger partial charge >= 0.3 is 18.7 Å². The summed E-state index contributed by atoms with van der Waals surface area (Å²) >= 11 is 0. The first-order chi connectivity index (χ1) is 17.6. The highest BCUT2D eigenvalue weighted by molar-refractivity contribution is 5.84. The number of carbonyl (C=O) groups is 1. The van der Waals surface area contributed by atoms with E-state index in [0.29, 0.717) is 23.8 Å². The van der Waals surface area contributed by atoms with Gasteiger partial charge in [0.2, 0.25) is 5.91 Å². The lowest BCUT2D eigenvalue weighted by Crippen LogP contribution is -2.57. The molecule has 0 radical (unpaired) electrons. The zero-order valence-electron chi connectivity index (χ0n) is 19.1. The number of amides is 1. The molecule has 0 aliphatic heterocycles. The zero-order valence-corrected chi connectivity index (χ0v) is 19.1. The maximum atomic E-state index is 14.6. The number of hydrogen-bond acceptors (Lipinski definition) is 3. The minimum absolute atomic E-state index is 0.109. The summed E-state index contributed by atoms with van der Waals surface area (Å²) in [5.41, 5.74) is 2.64. The van der Waals surface area contributed by atoms with E-state index < -0.39 is 65.6 Å². The summed E-state index contributed by atoms with van der Waals surface area (Å²) in [6.45, 7) is 0. The predicted octanol–water partition coefficient (Wildman–Crippen LogP) is 5.69. The summed E-state index contributed by atoms with van der Waals surface area (Å²) < 4.78 is 125. The maximum Gasteiger partial charge on any atom is 0.461 e. The lowest BCUT2D eigenvalue weighted by Gasteiger charge is -2.37. The number of benzene rings is 3. The van der Waals surface area contributed by atoms with E-state index in [-0.39, 0.29) is 5.56 Å². The predicted molar refractivity (Wildman–Crippen MR) is 117 cm³/mol. The van der Waals surface area contributed by atoms with Crippen LogP contribution in [0.25, 0.3) is 0 Å². The lowest BCUT2D eigenvalue weighted by atomic mass is 9.77. The van der Waals surface area contributed by atoms with Crippen molar-refractivity contribution >= 4 is 5.91 Å². The molecule has 38 heavy (non-hydrogen) atoms. The molecule has 204 valence electrons. The van der Waals surface area contributed by atoms with E-state index in [2.05, 4.69) is 10.1 Å². The molecule has 0 bridgehead atoms. The van der Waals surface area contributed by atoms with Gasteiger partial charge in [0.05, 0.1) is 5.54 Å². The Hall–Kier alpha value is -3.74. The van der Waals surface area contributed by atoms with Gasteiger partial charge in [0.15, 0.2) is 6.04 Å². The lowest BCUT2D eigenvalue weighted by molar-refractivity contribution is -0.253. The minimum atomic E-state index is -5.21. The third-order valence-electron chi connectivity index (χ3n) is 5.49.